The molecule has 1 aromatic rings. The van der Waals surface area contributed by atoms with Gasteiger partial charge in [-0.1, -0.05) is 18.2 Å². The standard InChI is InChI=1S/C9H11NO/c1-8(11)10(2)9-6-4-3-5-7-9/h3-7H,1-2H3/i4D. The number of rotatable bonds is 1. The molecule has 2 heteroatoms. The van der Waals surface area contributed by atoms with Crippen molar-refractivity contribution in [1.82, 2.24) is 0 Å². The van der Waals surface area contributed by atoms with Gasteiger partial charge in [-0.15, -0.1) is 0 Å². The molecule has 1 aromatic carbocycles. The molecule has 0 aliphatic heterocycles. The van der Waals surface area contributed by atoms with Crippen LogP contribution in [0, 0.1) is 0 Å². The van der Waals surface area contributed by atoms with Crippen LogP contribution in [0.4, 0.5) is 5.69 Å². The number of para-hydroxylation sites is 1. The van der Waals surface area contributed by atoms with Gasteiger partial charge in [0.2, 0.25) is 5.91 Å². The number of benzene rings is 1. The van der Waals surface area contributed by atoms with Crippen LogP contribution in [0.25, 0.3) is 0 Å². The van der Waals surface area contributed by atoms with Gasteiger partial charge in [0.05, 0.1) is 1.37 Å². The molecule has 0 spiro atoms. The maximum Gasteiger partial charge on any atom is 0.223 e. The van der Waals surface area contributed by atoms with Gasteiger partial charge in [0.25, 0.3) is 0 Å². The predicted molar refractivity (Wildman–Crippen MR) is 45.5 cm³/mol. The average Bonchev–Trinajstić information content (AvgIpc) is 2.03. The van der Waals surface area contributed by atoms with Gasteiger partial charge < -0.3 is 4.90 Å². The molecule has 0 atom stereocenters. The number of hydrogen-bond acceptors (Lipinski definition) is 1. The third-order valence-corrected chi connectivity index (χ3v) is 1.55. The van der Waals surface area contributed by atoms with Gasteiger partial charge in [-0.2, -0.15) is 0 Å². The molecule has 0 heterocycles. The molecule has 2 nitrogen and oxygen atoms in total. The largest absolute Gasteiger partial charge is 0.316 e. The number of hydrogen-bond donors (Lipinski definition) is 0. The van der Waals surface area contributed by atoms with Crippen molar-refractivity contribution >= 4 is 11.6 Å². The molecule has 0 fully saturated rings. The molecule has 1 rings (SSSR count). The monoisotopic (exact) mass is 150 g/mol. The molecule has 0 aliphatic carbocycles. The van der Waals surface area contributed by atoms with Crippen LogP contribution in [0.1, 0.15) is 8.29 Å². The van der Waals surface area contributed by atoms with Crippen LogP contribution >= 0.6 is 0 Å². The summed E-state index contributed by atoms with van der Waals surface area (Å²) in [6, 6.07) is 7.32. The highest BCUT2D eigenvalue weighted by Crippen LogP contribution is 2.10. The van der Waals surface area contributed by atoms with Gasteiger partial charge in [-0.3, -0.25) is 4.79 Å². The van der Waals surface area contributed by atoms with Crippen LogP contribution in [0.15, 0.2) is 30.3 Å². The lowest BCUT2D eigenvalue weighted by Crippen LogP contribution is -2.22. The zero-order chi connectivity index (χ0) is 9.14. The first-order valence-corrected chi connectivity index (χ1v) is 3.42. The summed E-state index contributed by atoms with van der Waals surface area (Å²) in [5, 5.41) is 0. The second kappa shape index (κ2) is 3.19. The lowest BCUT2D eigenvalue weighted by atomic mass is 10.3. The molecule has 0 N–H and O–H groups in total. The van der Waals surface area contributed by atoms with Gasteiger partial charge in [0, 0.05) is 19.7 Å². The summed E-state index contributed by atoms with van der Waals surface area (Å²) in [6.07, 6.45) is 0. The first-order valence-electron chi connectivity index (χ1n) is 3.92. The molecule has 0 aliphatic rings. The Labute approximate surface area is 67.9 Å². The van der Waals surface area contributed by atoms with E-state index < -0.39 is 0 Å². The van der Waals surface area contributed by atoms with E-state index in [9.17, 15) is 4.79 Å². The van der Waals surface area contributed by atoms with Gasteiger partial charge in [0.15, 0.2) is 0 Å². The zero-order valence-corrected chi connectivity index (χ0v) is 6.66. The van der Waals surface area contributed by atoms with E-state index in [1.165, 1.54) is 11.8 Å². The van der Waals surface area contributed by atoms with Crippen LogP contribution in [-0.2, 0) is 4.79 Å². The normalized spacial score (nSPS) is 10.5. The highest BCUT2D eigenvalue weighted by molar-refractivity contribution is 5.90. The summed E-state index contributed by atoms with van der Waals surface area (Å²) < 4.78 is 7.33. The molecular weight excluding hydrogens is 138 g/mol. The van der Waals surface area contributed by atoms with E-state index in [0.717, 1.165) is 5.69 Å². The van der Waals surface area contributed by atoms with Crippen LogP contribution in [0.5, 0.6) is 0 Å². The number of carbonyl (C=O) groups is 1. The van der Waals surface area contributed by atoms with E-state index in [2.05, 4.69) is 0 Å². The van der Waals surface area contributed by atoms with E-state index in [1.807, 2.05) is 0 Å². The third-order valence-electron chi connectivity index (χ3n) is 1.55. The maximum absolute atomic E-state index is 10.9. The Morgan fingerprint density at radius 3 is 2.82 bits per heavy atom. The Kier molecular flexibility index (Phi) is 1.86. The molecule has 0 saturated carbocycles. The van der Waals surface area contributed by atoms with Gasteiger partial charge in [0.1, 0.15) is 0 Å². The van der Waals surface area contributed by atoms with Crippen LogP contribution in [0.3, 0.4) is 0 Å². The van der Waals surface area contributed by atoms with Crippen LogP contribution < -0.4 is 4.90 Å². The fourth-order valence-corrected chi connectivity index (χ4v) is 0.774. The van der Waals surface area contributed by atoms with Gasteiger partial charge in [-0.25, -0.2) is 0 Å². The quantitative estimate of drug-likeness (QED) is 0.596. The van der Waals surface area contributed by atoms with Crippen molar-refractivity contribution < 1.29 is 6.17 Å². The first kappa shape index (κ1) is 6.40. The Morgan fingerprint density at radius 1 is 1.55 bits per heavy atom. The summed E-state index contributed by atoms with van der Waals surface area (Å²) in [7, 11) is 1.69. The molecule has 0 aromatic heterocycles. The van der Waals surface area contributed by atoms with Gasteiger partial charge >= 0.3 is 0 Å². The lowest BCUT2D eigenvalue weighted by molar-refractivity contribution is -0.116. The van der Waals surface area contributed by atoms with Gasteiger partial charge in [-0.05, 0) is 12.1 Å². The number of anilines is 1. The van der Waals surface area contributed by atoms with E-state index in [1.54, 1.807) is 31.3 Å². The molecule has 0 saturated heterocycles. The number of carbonyl (C=O) groups excluding carboxylic acids is 1. The smallest absolute Gasteiger partial charge is 0.223 e. The molecule has 11 heavy (non-hydrogen) atoms. The number of nitrogens with zero attached hydrogens (tertiary/aromatic N) is 1. The van der Waals surface area contributed by atoms with Crippen LogP contribution in [-0.4, -0.2) is 13.0 Å². The van der Waals surface area contributed by atoms with Crippen molar-refractivity contribution in [3.63, 3.8) is 0 Å². The average molecular weight is 150 g/mol. The number of amides is 1. The molecule has 58 valence electrons. The predicted octanol–water partition coefficient (Wildman–Crippen LogP) is 1.67. The molecule has 1 amide bonds. The Morgan fingerprint density at radius 2 is 2.27 bits per heavy atom. The Bertz CT molecular complexity index is 298. The Balaban J connectivity index is 2.95. The highest BCUT2D eigenvalue weighted by Gasteiger charge is 2.02. The van der Waals surface area contributed by atoms with Crippen LogP contribution in [0.2, 0.25) is 0 Å². The SMILES string of the molecule is [2H]c1cccc(N(C)C(C)=O)c1. The fraction of sp³-hybridized carbons (Fsp3) is 0.222. The van der Waals surface area contributed by atoms with Crippen molar-refractivity contribution in [3.05, 3.63) is 30.3 Å². The summed E-state index contributed by atoms with van der Waals surface area (Å²) in [5.41, 5.74) is 0.759. The maximum atomic E-state index is 10.9. The molecular formula is C9H11NO. The van der Waals surface area contributed by atoms with Crippen molar-refractivity contribution in [2.75, 3.05) is 11.9 Å². The zero-order valence-electron chi connectivity index (χ0n) is 7.66. The fourth-order valence-electron chi connectivity index (χ4n) is 0.774. The topological polar surface area (TPSA) is 20.3 Å². The summed E-state index contributed by atoms with van der Waals surface area (Å²) >= 11 is 0. The van der Waals surface area contributed by atoms with E-state index in [0.29, 0.717) is 6.04 Å². The second-order valence-corrected chi connectivity index (χ2v) is 2.34. The lowest BCUT2D eigenvalue weighted by Gasteiger charge is -2.13. The minimum Gasteiger partial charge on any atom is -0.316 e. The van der Waals surface area contributed by atoms with E-state index >= 15 is 0 Å². The summed E-state index contributed by atoms with van der Waals surface area (Å²) in [6.45, 7) is 1.50. The highest BCUT2D eigenvalue weighted by atomic mass is 16.2. The molecule has 0 unspecified atom stereocenters. The Hall–Kier alpha value is -1.31. The van der Waals surface area contributed by atoms with Crippen molar-refractivity contribution in [1.29, 1.82) is 0 Å². The second-order valence-electron chi connectivity index (χ2n) is 2.34. The van der Waals surface area contributed by atoms with Crippen molar-refractivity contribution in [3.8, 4) is 0 Å². The molecule has 0 radical (unpaired) electrons. The summed E-state index contributed by atoms with van der Waals surface area (Å²) in [4.78, 5) is 12.4. The van der Waals surface area contributed by atoms with Crippen molar-refractivity contribution in [2.45, 2.75) is 6.92 Å². The first-order chi connectivity index (χ1) is 5.61. The minimum absolute atomic E-state index is 0.0272. The summed E-state index contributed by atoms with van der Waals surface area (Å²) in [5.74, 6) is -0.0272. The van der Waals surface area contributed by atoms with E-state index in [-0.39, 0.29) is 5.91 Å². The van der Waals surface area contributed by atoms with E-state index in [4.69, 9.17) is 1.37 Å². The molecule has 0 bridgehead atoms. The minimum atomic E-state index is -0.0272. The van der Waals surface area contributed by atoms with Crippen molar-refractivity contribution in [2.24, 2.45) is 0 Å². The third kappa shape index (κ3) is 1.80.